The number of carbonyl (C=O) groups is 1. The molecule has 3 aromatic heterocycles. The van der Waals surface area contributed by atoms with Gasteiger partial charge in [0.2, 0.25) is 0 Å². The molecule has 4 aromatic rings. The molecule has 2 saturated carbocycles. The third-order valence-electron chi connectivity index (χ3n) is 7.81. The van der Waals surface area contributed by atoms with Crippen molar-refractivity contribution in [2.24, 2.45) is 11.7 Å². The first-order valence-electron chi connectivity index (χ1n) is 12.8. The molecule has 0 unspecified atom stereocenters. The van der Waals surface area contributed by atoms with E-state index in [1.165, 1.54) is 48.0 Å². The highest BCUT2D eigenvalue weighted by Gasteiger charge is 2.33. The molecule has 3 aliphatic rings. The minimum atomic E-state index is 0.0676. The molecule has 6 nitrogen and oxygen atoms in total. The number of carbonyl (C=O) groups excluding carboxylic acids is 1. The Morgan fingerprint density at radius 2 is 1.91 bits per heavy atom. The van der Waals surface area contributed by atoms with Gasteiger partial charge < -0.3 is 19.6 Å². The average molecular weight is 454 g/mol. The highest BCUT2D eigenvalue weighted by Crippen LogP contribution is 2.46. The van der Waals surface area contributed by atoms with Crippen molar-refractivity contribution < 1.29 is 4.79 Å². The number of fused-ring (bicyclic) bond motifs is 2. The van der Waals surface area contributed by atoms with Gasteiger partial charge in [-0.1, -0.05) is 18.2 Å². The predicted octanol–water partition coefficient (Wildman–Crippen LogP) is 4.81. The van der Waals surface area contributed by atoms with Gasteiger partial charge >= 0.3 is 0 Å². The van der Waals surface area contributed by atoms with E-state index in [1.54, 1.807) is 0 Å². The number of para-hydroxylation sites is 1. The molecule has 0 spiro atoms. The number of rotatable bonds is 5. The van der Waals surface area contributed by atoms with Gasteiger partial charge in [0.25, 0.3) is 5.91 Å². The number of piperidine rings is 1. The molecule has 1 atom stereocenters. The summed E-state index contributed by atoms with van der Waals surface area (Å²) in [5, 5.41) is 1.27. The number of likely N-dealkylation sites (tertiary alicyclic amines) is 1. The Kier molecular flexibility index (Phi) is 4.59. The maximum Gasteiger partial charge on any atom is 0.254 e. The fraction of sp³-hybridized carbons (Fsp3) is 0.429. The summed E-state index contributed by atoms with van der Waals surface area (Å²) < 4.78 is 4.71. The Labute approximate surface area is 199 Å². The van der Waals surface area contributed by atoms with Crippen LogP contribution in [0.1, 0.15) is 60.5 Å². The highest BCUT2D eigenvalue weighted by molar-refractivity contribution is 5.95. The van der Waals surface area contributed by atoms with Crippen molar-refractivity contribution in [3.63, 3.8) is 0 Å². The van der Waals surface area contributed by atoms with Gasteiger partial charge in [-0.05, 0) is 68.7 Å². The number of nitrogens with zero attached hydrogens (tertiary/aromatic N) is 4. The van der Waals surface area contributed by atoms with Crippen LogP contribution in [0.3, 0.4) is 0 Å². The van der Waals surface area contributed by atoms with Crippen LogP contribution in [-0.4, -0.2) is 43.9 Å². The Hall–Kier alpha value is -3.12. The molecule has 2 aliphatic carbocycles. The first-order valence-corrected chi connectivity index (χ1v) is 12.8. The lowest BCUT2D eigenvalue weighted by Gasteiger charge is -2.30. The third-order valence-corrected chi connectivity index (χ3v) is 7.81. The van der Waals surface area contributed by atoms with Crippen LogP contribution in [-0.2, 0) is 6.54 Å². The van der Waals surface area contributed by atoms with Gasteiger partial charge in [0.05, 0.1) is 11.4 Å². The second-order valence-corrected chi connectivity index (χ2v) is 10.6. The fourth-order valence-corrected chi connectivity index (χ4v) is 5.67. The lowest BCUT2D eigenvalue weighted by Crippen LogP contribution is -2.45. The summed E-state index contributed by atoms with van der Waals surface area (Å²) in [6.07, 6.45) is 9.07. The first-order chi connectivity index (χ1) is 16.7. The number of benzene rings is 1. The second kappa shape index (κ2) is 7.70. The van der Waals surface area contributed by atoms with Gasteiger partial charge in [-0.15, -0.1) is 0 Å². The maximum atomic E-state index is 13.2. The summed E-state index contributed by atoms with van der Waals surface area (Å²) in [7, 11) is 0. The zero-order chi connectivity index (χ0) is 22.8. The summed E-state index contributed by atoms with van der Waals surface area (Å²) in [6.45, 7) is 2.48. The number of hydrogen-bond acceptors (Lipinski definition) is 3. The summed E-state index contributed by atoms with van der Waals surface area (Å²) in [5.74, 6) is 1.38. The number of amides is 1. The van der Waals surface area contributed by atoms with Crippen LogP contribution in [0.5, 0.6) is 0 Å². The molecule has 0 bridgehead atoms. The summed E-state index contributed by atoms with van der Waals surface area (Å²) in [4.78, 5) is 20.3. The summed E-state index contributed by atoms with van der Waals surface area (Å²) >= 11 is 0. The van der Waals surface area contributed by atoms with E-state index < -0.39 is 0 Å². The van der Waals surface area contributed by atoms with Crippen molar-refractivity contribution >= 4 is 22.5 Å². The molecule has 1 saturated heterocycles. The molecule has 174 valence electrons. The minimum Gasteiger partial charge on any atom is -0.339 e. The van der Waals surface area contributed by atoms with Gasteiger partial charge in [-0.2, -0.15) is 0 Å². The van der Waals surface area contributed by atoms with Crippen molar-refractivity contribution in [2.75, 3.05) is 13.1 Å². The van der Waals surface area contributed by atoms with Crippen LogP contribution >= 0.6 is 0 Å². The number of hydrogen-bond donors (Lipinski definition) is 1. The molecular weight excluding hydrogens is 422 g/mol. The summed E-state index contributed by atoms with van der Waals surface area (Å²) in [5.41, 5.74) is 12.6. The Morgan fingerprint density at radius 3 is 2.71 bits per heavy atom. The Balaban J connectivity index is 1.34. The molecule has 1 aliphatic heterocycles. The molecule has 1 amide bonds. The SMILES string of the molecule is N[C@@H]1CCCN(C(=O)c2ccn3c(C4CC4)c(-c4cc5ccccc5n4CC4CC4)nc3c2)C1. The zero-order valence-corrected chi connectivity index (χ0v) is 19.5. The van der Waals surface area contributed by atoms with Crippen molar-refractivity contribution in [3.05, 3.63) is 59.9 Å². The van der Waals surface area contributed by atoms with E-state index >= 15 is 0 Å². The van der Waals surface area contributed by atoms with Crippen LogP contribution in [0, 0.1) is 5.92 Å². The van der Waals surface area contributed by atoms with E-state index in [0.717, 1.165) is 43.2 Å². The quantitative estimate of drug-likeness (QED) is 0.472. The number of imidazole rings is 1. The standard InChI is InChI=1S/C28H31N5O/c29-22-5-3-12-31(17-22)28(34)21-11-13-32-25(15-21)30-26(27(32)19-9-10-19)24-14-20-4-1-2-6-23(20)33(24)16-18-7-8-18/h1-2,4,6,11,13-15,18-19,22H,3,5,7-10,12,16-17,29H2/t22-/m1/s1. The molecule has 7 rings (SSSR count). The highest BCUT2D eigenvalue weighted by atomic mass is 16.2. The second-order valence-electron chi connectivity index (χ2n) is 10.6. The van der Waals surface area contributed by atoms with Crippen molar-refractivity contribution in [1.82, 2.24) is 18.9 Å². The normalized spacial score (nSPS) is 21.0. The smallest absolute Gasteiger partial charge is 0.254 e. The van der Waals surface area contributed by atoms with E-state index in [4.69, 9.17) is 10.7 Å². The van der Waals surface area contributed by atoms with E-state index in [2.05, 4.69) is 45.5 Å². The maximum absolute atomic E-state index is 13.2. The van der Waals surface area contributed by atoms with Crippen LogP contribution in [0.25, 0.3) is 27.9 Å². The van der Waals surface area contributed by atoms with Crippen LogP contribution < -0.4 is 5.73 Å². The average Bonchev–Trinajstić information content (AvgIpc) is 3.78. The Morgan fingerprint density at radius 1 is 1.06 bits per heavy atom. The molecule has 1 aromatic carbocycles. The Bertz CT molecular complexity index is 1410. The summed E-state index contributed by atoms with van der Waals surface area (Å²) in [6, 6.07) is 15.0. The van der Waals surface area contributed by atoms with Crippen LogP contribution in [0.15, 0.2) is 48.7 Å². The molecule has 4 heterocycles. The largest absolute Gasteiger partial charge is 0.339 e. The molecule has 3 fully saturated rings. The van der Waals surface area contributed by atoms with Crippen molar-refractivity contribution in [1.29, 1.82) is 0 Å². The van der Waals surface area contributed by atoms with Gasteiger partial charge in [-0.25, -0.2) is 4.98 Å². The first kappa shape index (κ1) is 20.3. The molecule has 34 heavy (non-hydrogen) atoms. The van der Waals surface area contributed by atoms with Gasteiger partial charge in [0.1, 0.15) is 11.3 Å². The molecule has 0 radical (unpaired) electrons. The monoisotopic (exact) mass is 453 g/mol. The lowest BCUT2D eigenvalue weighted by molar-refractivity contribution is 0.0709. The van der Waals surface area contributed by atoms with Crippen molar-refractivity contribution in [2.45, 2.75) is 57.0 Å². The van der Waals surface area contributed by atoms with Gasteiger partial charge in [0, 0.05) is 54.3 Å². The van der Waals surface area contributed by atoms with Gasteiger partial charge in [0.15, 0.2) is 0 Å². The molecule has 2 N–H and O–H groups in total. The van der Waals surface area contributed by atoms with Crippen molar-refractivity contribution in [3.8, 4) is 11.4 Å². The third kappa shape index (κ3) is 3.43. The predicted molar refractivity (Wildman–Crippen MR) is 134 cm³/mol. The zero-order valence-electron chi connectivity index (χ0n) is 19.5. The topological polar surface area (TPSA) is 68.6 Å². The van der Waals surface area contributed by atoms with E-state index in [-0.39, 0.29) is 11.9 Å². The van der Waals surface area contributed by atoms with E-state index in [9.17, 15) is 4.79 Å². The molecule has 6 heteroatoms. The minimum absolute atomic E-state index is 0.0676. The van der Waals surface area contributed by atoms with E-state index in [0.29, 0.717) is 18.0 Å². The number of nitrogens with two attached hydrogens (primary N) is 1. The number of aromatic nitrogens is 3. The lowest BCUT2D eigenvalue weighted by atomic mass is 10.1. The number of pyridine rings is 1. The fourth-order valence-electron chi connectivity index (χ4n) is 5.67. The van der Waals surface area contributed by atoms with Crippen LogP contribution in [0.4, 0.5) is 0 Å². The van der Waals surface area contributed by atoms with Gasteiger partial charge in [-0.3, -0.25) is 4.79 Å². The van der Waals surface area contributed by atoms with E-state index in [1.807, 2.05) is 17.0 Å². The molecular formula is C28H31N5O. The van der Waals surface area contributed by atoms with Crippen LogP contribution in [0.2, 0.25) is 0 Å².